The van der Waals surface area contributed by atoms with Gasteiger partial charge in [0.05, 0.1) is 0 Å². The molecule has 3 nitrogen and oxygen atoms in total. The first kappa shape index (κ1) is 15.4. The molecular formula is C16H26FN3. The summed E-state index contributed by atoms with van der Waals surface area (Å²) < 4.78 is 13.4. The van der Waals surface area contributed by atoms with Crippen molar-refractivity contribution in [2.24, 2.45) is 11.7 Å². The Morgan fingerprint density at radius 1 is 1.35 bits per heavy atom. The molecule has 1 fully saturated rings. The van der Waals surface area contributed by atoms with Crippen molar-refractivity contribution in [3.8, 4) is 0 Å². The monoisotopic (exact) mass is 279 g/mol. The van der Waals surface area contributed by atoms with E-state index >= 15 is 0 Å². The van der Waals surface area contributed by atoms with Crippen LogP contribution in [-0.4, -0.2) is 50.1 Å². The maximum absolute atomic E-state index is 13.4. The minimum Gasteiger partial charge on any atom is -0.329 e. The Bertz CT molecular complexity index is 414. The average Bonchev–Trinajstić information content (AvgIpc) is 2.41. The second kappa shape index (κ2) is 7.16. The van der Waals surface area contributed by atoms with Gasteiger partial charge in [-0.05, 0) is 63.6 Å². The third-order valence-electron chi connectivity index (χ3n) is 4.17. The summed E-state index contributed by atoms with van der Waals surface area (Å²) in [5.74, 6) is 0.593. The Kier molecular flexibility index (Phi) is 5.52. The third kappa shape index (κ3) is 4.01. The van der Waals surface area contributed by atoms with Gasteiger partial charge in [-0.25, -0.2) is 4.39 Å². The van der Waals surface area contributed by atoms with Crippen LogP contribution in [0.5, 0.6) is 0 Å². The molecule has 112 valence electrons. The summed E-state index contributed by atoms with van der Waals surface area (Å²) in [6.45, 7) is 3.80. The first-order chi connectivity index (χ1) is 9.60. The molecule has 1 aromatic rings. The van der Waals surface area contributed by atoms with E-state index in [4.69, 9.17) is 5.73 Å². The molecule has 0 spiro atoms. The van der Waals surface area contributed by atoms with Crippen LogP contribution < -0.4 is 5.73 Å². The van der Waals surface area contributed by atoms with Gasteiger partial charge in [0.1, 0.15) is 5.82 Å². The smallest absolute Gasteiger partial charge is 0.123 e. The maximum atomic E-state index is 13.4. The molecule has 1 aliphatic rings. The van der Waals surface area contributed by atoms with E-state index in [1.807, 2.05) is 6.07 Å². The Morgan fingerprint density at radius 3 is 2.60 bits per heavy atom. The standard InChI is InChI=1S/C16H26FN3/c1-19(2)12-13-6-8-20(9-7-13)16(11-18)14-4-3-5-15(17)10-14/h3-5,10,13,16H,6-9,11-12,18H2,1-2H3. The summed E-state index contributed by atoms with van der Waals surface area (Å²) in [4.78, 5) is 4.66. The van der Waals surface area contributed by atoms with Crippen molar-refractivity contribution in [2.45, 2.75) is 18.9 Å². The SMILES string of the molecule is CN(C)CC1CCN(C(CN)c2cccc(F)c2)CC1. The van der Waals surface area contributed by atoms with Crippen LogP contribution in [-0.2, 0) is 0 Å². The Morgan fingerprint density at radius 2 is 2.05 bits per heavy atom. The molecule has 20 heavy (non-hydrogen) atoms. The minimum atomic E-state index is -0.177. The lowest BCUT2D eigenvalue weighted by molar-refractivity contribution is 0.122. The summed E-state index contributed by atoms with van der Waals surface area (Å²) in [6.07, 6.45) is 2.40. The molecule has 1 aliphatic heterocycles. The summed E-state index contributed by atoms with van der Waals surface area (Å²) >= 11 is 0. The van der Waals surface area contributed by atoms with Gasteiger partial charge in [-0.2, -0.15) is 0 Å². The Hall–Kier alpha value is -0.970. The minimum absolute atomic E-state index is 0.144. The van der Waals surface area contributed by atoms with Crippen LogP contribution in [0.15, 0.2) is 24.3 Å². The number of nitrogens with zero attached hydrogens (tertiary/aromatic N) is 2. The Labute approximate surface area is 121 Å². The van der Waals surface area contributed by atoms with Crippen LogP contribution in [0.1, 0.15) is 24.4 Å². The molecule has 0 amide bonds. The number of nitrogens with two attached hydrogens (primary N) is 1. The topological polar surface area (TPSA) is 32.5 Å². The second-order valence-electron chi connectivity index (χ2n) is 6.05. The molecular weight excluding hydrogens is 253 g/mol. The Balaban J connectivity index is 1.97. The molecule has 4 heteroatoms. The summed E-state index contributed by atoms with van der Waals surface area (Å²) in [6, 6.07) is 6.99. The van der Waals surface area contributed by atoms with Crippen molar-refractivity contribution in [3.05, 3.63) is 35.6 Å². The molecule has 0 saturated carbocycles. The van der Waals surface area contributed by atoms with E-state index in [9.17, 15) is 4.39 Å². The molecule has 1 atom stereocenters. The number of halogens is 1. The lowest BCUT2D eigenvalue weighted by Crippen LogP contribution is -2.41. The van der Waals surface area contributed by atoms with E-state index in [0.717, 1.165) is 31.1 Å². The number of hydrogen-bond acceptors (Lipinski definition) is 3. The van der Waals surface area contributed by atoms with Crippen LogP contribution in [0, 0.1) is 11.7 Å². The van der Waals surface area contributed by atoms with Crippen LogP contribution >= 0.6 is 0 Å². The zero-order valence-corrected chi connectivity index (χ0v) is 12.6. The maximum Gasteiger partial charge on any atom is 0.123 e. The summed E-state index contributed by atoms with van der Waals surface area (Å²) in [5, 5.41) is 0. The molecule has 1 aromatic carbocycles. The number of likely N-dealkylation sites (tertiary alicyclic amines) is 1. The molecule has 2 rings (SSSR count). The van der Waals surface area contributed by atoms with Gasteiger partial charge in [0.2, 0.25) is 0 Å². The zero-order chi connectivity index (χ0) is 14.5. The van der Waals surface area contributed by atoms with Crippen LogP contribution in [0.4, 0.5) is 4.39 Å². The fourth-order valence-corrected chi connectivity index (χ4v) is 3.17. The second-order valence-corrected chi connectivity index (χ2v) is 6.05. The zero-order valence-electron chi connectivity index (χ0n) is 12.6. The van der Waals surface area contributed by atoms with Crippen molar-refractivity contribution in [3.63, 3.8) is 0 Å². The molecule has 1 saturated heterocycles. The van der Waals surface area contributed by atoms with Gasteiger partial charge in [-0.1, -0.05) is 12.1 Å². The van der Waals surface area contributed by atoms with Gasteiger partial charge in [-0.15, -0.1) is 0 Å². The molecule has 0 aliphatic carbocycles. The highest BCUT2D eigenvalue weighted by Gasteiger charge is 2.25. The molecule has 2 N–H and O–H groups in total. The third-order valence-corrected chi connectivity index (χ3v) is 4.17. The average molecular weight is 279 g/mol. The molecule has 1 heterocycles. The van der Waals surface area contributed by atoms with E-state index in [1.54, 1.807) is 12.1 Å². The van der Waals surface area contributed by atoms with Crippen LogP contribution in [0.2, 0.25) is 0 Å². The quantitative estimate of drug-likeness (QED) is 0.896. The predicted molar refractivity (Wildman–Crippen MR) is 81.0 cm³/mol. The first-order valence-corrected chi connectivity index (χ1v) is 7.44. The molecule has 1 unspecified atom stereocenters. The van der Waals surface area contributed by atoms with E-state index in [1.165, 1.54) is 18.9 Å². The van der Waals surface area contributed by atoms with Crippen molar-refractivity contribution in [1.82, 2.24) is 9.80 Å². The van der Waals surface area contributed by atoms with E-state index in [2.05, 4.69) is 23.9 Å². The highest BCUT2D eigenvalue weighted by molar-refractivity contribution is 5.20. The van der Waals surface area contributed by atoms with Crippen molar-refractivity contribution in [2.75, 3.05) is 40.3 Å². The highest BCUT2D eigenvalue weighted by atomic mass is 19.1. The lowest BCUT2D eigenvalue weighted by Gasteiger charge is -2.38. The van der Waals surface area contributed by atoms with Crippen molar-refractivity contribution in [1.29, 1.82) is 0 Å². The molecule has 0 bridgehead atoms. The number of rotatable bonds is 5. The summed E-state index contributed by atoms with van der Waals surface area (Å²) in [7, 11) is 4.25. The van der Waals surface area contributed by atoms with Crippen LogP contribution in [0.25, 0.3) is 0 Å². The molecule has 0 radical (unpaired) electrons. The fraction of sp³-hybridized carbons (Fsp3) is 0.625. The lowest BCUT2D eigenvalue weighted by atomic mass is 9.94. The predicted octanol–water partition coefficient (Wildman–Crippen LogP) is 2.10. The van der Waals surface area contributed by atoms with E-state index < -0.39 is 0 Å². The summed E-state index contributed by atoms with van der Waals surface area (Å²) in [5.41, 5.74) is 6.93. The molecule has 0 aromatic heterocycles. The first-order valence-electron chi connectivity index (χ1n) is 7.44. The number of benzene rings is 1. The van der Waals surface area contributed by atoms with Gasteiger partial charge in [-0.3, -0.25) is 4.90 Å². The normalized spacial score (nSPS) is 19.4. The van der Waals surface area contributed by atoms with Crippen molar-refractivity contribution >= 4 is 0 Å². The van der Waals surface area contributed by atoms with Gasteiger partial charge in [0.25, 0.3) is 0 Å². The fourth-order valence-electron chi connectivity index (χ4n) is 3.17. The van der Waals surface area contributed by atoms with Crippen LogP contribution in [0.3, 0.4) is 0 Å². The number of piperidine rings is 1. The largest absolute Gasteiger partial charge is 0.329 e. The number of hydrogen-bond donors (Lipinski definition) is 1. The van der Waals surface area contributed by atoms with Gasteiger partial charge >= 0.3 is 0 Å². The van der Waals surface area contributed by atoms with E-state index in [0.29, 0.717) is 6.54 Å². The van der Waals surface area contributed by atoms with E-state index in [-0.39, 0.29) is 11.9 Å². The van der Waals surface area contributed by atoms with Gasteiger partial charge in [0.15, 0.2) is 0 Å². The van der Waals surface area contributed by atoms with Crippen molar-refractivity contribution < 1.29 is 4.39 Å². The highest BCUT2D eigenvalue weighted by Crippen LogP contribution is 2.26. The van der Waals surface area contributed by atoms with Gasteiger partial charge in [0, 0.05) is 19.1 Å². The van der Waals surface area contributed by atoms with Gasteiger partial charge < -0.3 is 10.6 Å².